The van der Waals surface area contributed by atoms with Gasteiger partial charge in [0.1, 0.15) is 5.75 Å². The van der Waals surface area contributed by atoms with Gasteiger partial charge in [-0.05, 0) is 44.8 Å². The molecule has 0 aliphatic heterocycles. The first kappa shape index (κ1) is 14.9. The Morgan fingerprint density at radius 1 is 1.35 bits per heavy atom. The van der Waals surface area contributed by atoms with E-state index in [-0.39, 0.29) is 5.91 Å². The Morgan fingerprint density at radius 2 is 2.15 bits per heavy atom. The molecule has 1 saturated carbocycles. The molecule has 4 heteroatoms. The summed E-state index contributed by atoms with van der Waals surface area (Å²) in [6.45, 7) is 2.21. The summed E-state index contributed by atoms with van der Waals surface area (Å²) in [5.41, 5.74) is 1.05. The second-order valence-corrected chi connectivity index (χ2v) is 5.35. The van der Waals surface area contributed by atoms with Crippen LogP contribution in [0.2, 0.25) is 0 Å². The predicted molar refractivity (Wildman–Crippen MR) is 79.7 cm³/mol. The maximum absolute atomic E-state index is 11.7. The first-order valence-electron chi connectivity index (χ1n) is 7.41. The summed E-state index contributed by atoms with van der Waals surface area (Å²) in [6, 6.07) is 7.94. The fraction of sp³-hybridized carbons (Fsp3) is 0.562. The molecule has 2 rings (SSSR count). The third kappa shape index (κ3) is 5.21. The van der Waals surface area contributed by atoms with E-state index in [4.69, 9.17) is 4.74 Å². The molecule has 1 aromatic rings. The first-order valence-corrected chi connectivity index (χ1v) is 7.41. The summed E-state index contributed by atoms with van der Waals surface area (Å²) in [5, 5.41) is 5.99. The minimum atomic E-state index is 0.0947. The van der Waals surface area contributed by atoms with E-state index in [0.717, 1.165) is 36.8 Å². The Hall–Kier alpha value is -1.55. The van der Waals surface area contributed by atoms with Crippen LogP contribution in [0.15, 0.2) is 24.3 Å². The summed E-state index contributed by atoms with van der Waals surface area (Å²) < 4.78 is 5.83. The van der Waals surface area contributed by atoms with Crippen molar-refractivity contribution in [3.8, 4) is 5.75 Å². The number of hydrogen-bond donors (Lipinski definition) is 2. The maximum atomic E-state index is 11.7. The predicted octanol–water partition coefficient (Wildman–Crippen LogP) is 2.09. The highest BCUT2D eigenvalue weighted by molar-refractivity contribution is 5.75. The zero-order chi connectivity index (χ0) is 14.2. The normalized spacial score (nSPS) is 14.1. The number of hydrogen-bond acceptors (Lipinski definition) is 3. The number of amides is 1. The highest BCUT2D eigenvalue weighted by atomic mass is 16.5. The van der Waals surface area contributed by atoms with Crippen molar-refractivity contribution in [3.05, 3.63) is 29.8 Å². The van der Waals surface area contributed by atoms with Crippen molar-refractivity contribution < 1.29 is 9.53 Å². The lowest BCUT2D eigenvalue weighted by atomic mass is 10.2. The van der Waals surface area contributed by atoms with Gasteiger partial charge in [0.15, 0.2) is 0 Å². The van der Waals surface area contributed by atoms with Gasteiger partial charge in [-0.3, -0.25) is 4.79 Å². The minimum absolute atomic E-state index is 0.0947. The summed E-state index contributed by atoms with van der Waals surface area (Å²) in [4.78, 5) is 11.7. The molecule has 2 N–H and O–H groups in total. The Kier molecular flexibility index (Phi) is 5.87. The van der Waals surface area contributed by atoms with Crippen molar-refractivity contribution in [1.29, 1.82) is 0 Å². The van der Waals surface area contributed by atoms with Crippen LogP contribution in [0.5, 0.6) is 5.75 Å². The average Bonchev–Trinajstić information content (AvgIpc) is 3.28. The highest BCUT2D eigenvalue weighted by Crippen LogP contribution is 2.30. The molecule has 0 aromatic heterocycles. The van der Waals surface area contributed by atoms with Crippen LogP contribution in [0.1, 0.15) is 31.2 Å². The lowest BCUT2D eigenvalue weighted by Crippen LogP contribution is -2.24. The molecule has 4 nitrogen and oxygen atoms in total. The number of rotatable bonds is 9. The molecule has 1 aromatic carbocycles. The van der Waals surface area contributed by atoms with Crippen molar-refractivity contribution in [2.45, 2.75) is 32.2 Å². The van der Waals surface area contributed by atoms with Gasteiger partial charge in [-0.15, -0.1) is 0 Å². The van der Waals surface area contributed by atoms with Crippen LogP contribution in [0, 0.1) is 5.92 Å². The van der Waals surface area contributed by atoms with Crippen LogP contribution in [-0.2, 0) is 11.3 Å². The number of carbonyl (C=O) groups excluding carboxylic acids is 1. The third-order valence-electron chi connectivity index (χ3n) is 3.45. The molecule has 110 valence electrons. The number of carbonyl (C=O) groups is 1. The summed E-state index contributed by atoms with van der Waals surface area (Å²) >= 11 is 0. The monoisotopic (exact) mass is 276 g/mol. The molecule has 1 aliphatic rings. The third-order valence-corrected chi connectivity index (χ3v) is 3.45. The molecule has 1 fully saturated rings. The molecule has 1 amide bonds. The molecule has 0 saturated heterocycles. The quantitative estimate of drug-likeness (QED) is 0.679. The van der Waals surface area contributed by atoms with Gasteiger partial charge < -0.3 is 15.4 Å². The van der Waals surface area contributed by atoms with Gasteiger partial charge in [-0.2, -0.15) is 0 Å². The largest absolute Gasteiger partial charge is 0.493 e. The summed E-state index contributed by atoms with van der Waals surface area (Å²) in [6.07, 6.45) is 3.99. The van der Waals surface area contributed by atoms with Crippen molar-refractivity contribution in [3.63, 3.8) is 0 Å². The topological polar surface area (TPSA) is 50.4 Å². The van der Waals surface area contributed by atoms with Crippen molar-refractivity contribution in [2.75, 3.05) is 20.2 Å². The standard InChI is InChI=1S/C16H24N2O2/c1-17-10-4-7-16(19)18-11-14-5-2-3-6-15(14)20-12-13-8-9-13/h2-3,5-6,13,17H,4,7-12H2,1H3,(H,18,19). The van der Waals surface area contributed by atoms with Crippen molar-refractivity contribution >= 4 is 5.91 Å². The zero-order valence-corrected chi connectivity index (χ0v) is 12.2. The molecule has 0 bridgehead atoms. The molecule has 1 aliphatic carbocycles. The van der Waals surface area contributed by atoms with E-state index in [1.165, 1.54) is 12.8 Å². The summed E-state index contributed by atoms with van der Waals surface area (Å²) in [7, 11) is 1.89. The van der Waals surface area contributed by atoms with E-state index < -0.39 is 0 Å². The minimum Gasteiger partial charge on any atom is -0.493 e. The number of para-hydroxylation sites is 1. The fourth-order valence-corrected chi connectivity index (χ4v) is 1.99. The molecule has 0 spiro atoms. The van der Waals surface area contributed by atoms with E-state index in [1.807, 2.05) is 31.3 Å². The number of benzene rings is 1. The molecule has 0 heterocycles. The van der Waals surface area contributed by atoms with E-state index in [1.54, 1.807) is 0 Å². The number of ether oxygens (including phenoxy) is 1. The SMILES string of the molecule is CNCCCC(=O)NCc1ccccc1OCC1CC1. The van der Waals surface area contributed by atoms with Crippen molar-refractivity contribution in [2.24, 2.45) is 5.92 Å². The molecule has 0 atom stereocenters. The Labute approximate surface area is 120 Å². The van der Waals surface area contributed by atoms with Gasteiger partial charge in [-0.25, -0.2) is 0 Å². The molecule has 0 radical (unpaired) electrons. The fourth-order valence-electron chi connectivity index (χ4n) is 1.99. The van der Waals surface area contributed by atoms with Gasteiger partial charge in [-0.1, -0.05) is 18.2 Å². The van der Waals surface area contributed by atoms with E-state index in [2.05, 4.69) is 10.6 Å². The average molecular weight is 276 g/mol. The zero-order valence-electron chi connectivity index (χ0n) is 12.2. The molecule has 20 heavy (non-hydrogen) atoms. The smallest absolute Gasteiger partial charge is 0.220 e. The highest BCUT2D eigenvalue weighted by Gasteiger charge is 2.22. The molecule has 0 unspecified atom stereocenters. The van der Waals surface area contributed by atoms with Crippen LogP contribution in [-0.4, -0.2) is 26.1 Å². The van der Waals surface area contributed by atoms with Gasteiger partial charge in [0.05, 0.1) is 6.61 Å². The van der Waals surface area contributed by atoms with Gasteiger partial charge in [0.2, 0.25) is 5.91 Å². The van der Waals surface area contributed by atoms with E-state index in [9.17, 15) is 4.79 Å². The van der Waals surface area contributed by atoms with E-state index >= 15 is 0 Å². The second kappa shape index (κ2) is 7.90. The van der Waals surface area contributed by atoms with Crippen LogP contribution < -0.4 is 15.4 Å². The van der Waals surface area contributed by atoms with Crippen LogP contribution in [0.4, 0.5) is 0 Å². The first-order chi connectivity index (χ1) is 9.79. The van der Waals surface area contributed by atoms with Crippen molar-refractivity contribution in [1.82, 2.24) is 10.6 Å². The van der Waals surface area contributed by atoms with Gasteiger partial charge in [0.25, 0.3) is 0 Å². The Balaban J connectivity index is 1.77. The second-order valence-electron chi connectivity index (χ2n) is 5.35. The number of nitrogens with one attached hydrogen (secondary N) is 2. The lowest BCUT2D eigenvalue weighted by Gasteiger charge is -2.12. The van der Waals surface area contributed by atoms with Crippen LogP contribution in [0.3, 0.4) is 0 Å². The Morgan fingerprint density at radius 3 is 2.90 bits per heavy atom. The van der Waals surface area contributed by atoms with Crippen LogP contribution in [0.25, 0.3) is 0 Å². The molecular formula is C16H24N2O2. The van der Waals surface area contributed by atoms with Gasteiger partial charge in [0, 0.05) is 18.5 Å². The van der Waals surface area contributed by atoms with Crippen LogP contribution >= 0.6 is 0 Å². The lowest BCUT2D eigenvalue weighted by molar-refractivity contribution is -0.121. The van der Waals surface area contributed by atoms with Gasteiger partial charge >= 0.3 is 0 Å². The molecular weight excluding hydrogens is 252 g/mol. The summed E-state index contributed by atoms with van der Waals surface area (Å²) in [5.74, 6) is 1.73. The Bertz CT molecular complexity index is 430. The maximum Gasteiger partial charge on any atom is 0.220 e. The van der Waals surface area contributed by atoms with E-state index in [0.29, 0.717) is 13.0 Å².